The van der Waals surface area contributed by atoms with Crippen LogP contribution in [0.4, 0.5) is 5.95 Å². The van der Waals surface area contributed by atoms with E-state index in [-0.39, 0.29) is 0 Å². The molecule has 0 bridgehead atoms. The number of hydrogen-bond donors (Lipinski definition) is 1. The van der Waals surface area contributed by atoms with E-state index in [4.69, 9.17) is 0 Å². The molecule has 1 N–H and O–H groups in total. The zero-order valence-corrected chi connectivity index (χ0v) is 9.63. The predicted octanol–water partition coefficient (Wildman–Crippen LogP) is 2.62. The number of anilines is 1. The highest BCUT2D eigenvalue weighted by Crippen LogP contribution is 2.08. The Morgan fingerprint density at radius 2 is 2.47 bits per heavy atom. The number of thiophene rings is 1. The monoisotopic (exact) mass is 221 g/mol. The molecule has 0 amide bonds. The third kappa shape index (κ3) is 2.59. The fraction of sp³-hybridized carbons (Fsp3) is 0.364. The van der Waals surface area contributed by atoms with Gasteiger partial charge < -0.3 is 9.88 Å². The van der Waals surface area contributed by atoms with E-state index in [1.54, 1.807) is 11.3 Å². The van der Waals surface area contributed by atoms with E-state index >= 15 is 0 Å². The Morgan fingerprint density at radius 1 is 1.53 bits per heavy atom. The lowest BCUT2D eigenvalue weighted by atomic mass is 10.2. The summed E-state index contributed by atoms with van der Waals surface area (Å²) in [7, 11) is 0. The van der Waals surface area contributed by atoms with Crippen molar-refractivity contribution in [3.8, 4) is 0 Å². The van der Waals surface area contributed by atoms with Gasteiger partial charge in [0.15, 0.2) is 0 Å². The van der Waals surface area contributed by atoms with E-state index in [0.29, 0.717) is 0 Å². The highest BCUT2D eigenvalue weighted by molar-refractivity contribution is 7.07. The summed E-state index contributed by atoms with van der Waals surface area (Å²) in [6, 6.07) is 2.17. The van der Waals surface area contributed by atoms with Crippen LogP contribution in [-0.4, -0.2) is 16.1 Å². The van der Waals surface area contributed by atoms with Gasteiger partial charge >= 0.3 is 0 Å². The summed E-state index contributed by atoms with van der Waals surface area (Å²) >= 11 is 1.75. The van der Waals surface area contributed by atoms with Crippen LogP contribution >= 0.6 is 11.3 Å². The first-order valence-electron chi connectivity index (χ1n) is 5.16. The largest absolute Gasteiger partial charge is 0.355 e. The quantitative estimate of drug-likeness (QED) is 0.841. The maximum absolute atomic E-state index is 4.26. The number of hydrogen-bond acceptors (Lipinski definition) is 3. The first kappa shape index (κ1) is 10.2. The Morgan fingerprint density at radius 3 is 3.20 bits per heavy atom. The molecule has 0 fully saturated rings. The van der Waals surface area contributed by atoms with Crippen molar-refractivity contribution < 1.29 is 0 Å². The van der Waals surface area contributed by atoms with Crippen molar-refractivity contribution in [2.24, 2.45) is 0 Å². The third-order valence-corrected chi connectivity index (χ3v) is 3.07. The van der Waals surface area contributed by atoms with Crippen molar-refractivity contribution in [3.63, 3.8) is 0 Å². The second-order valence-corrected chi connectivity index (χ2v) is 4.13. The van der Waals surface area contributed by atoms with Gasteiger partial charge in [-0.05, 0) is 35.7 Å². The Kier molecular flexibility index (Phi) is 3.40. The molecule has 0 radical (unpaired) electrons. The minimum absolute atomic E-state index is 0.938. The molecule has 3 nitrogen and oxygen atoms in total. The first-order chi connectivity index (χ1) is 7.40. The molecule has 0 aliphatic rings. The Hall–Kier alpha value is -1.29. The molecule has 15 heavy (non-hydrogen) atoms. The van der Waals surface area contributed by atoms with Gasteiger partial charge in [-0.1, -0.05) is 0 Å². The normalized spacial score (nSPS) is 10.5. The van der Waals surface area contributed by atoms with Crippen LogP contribution in [0.3, 0.4) is 0 Å². The summed E-state index contributed by atoms with van der Waals surface area (Å²) < 4.78 is 2.10. The van der Waals surface area contributed by atoms with Crippen molar-refractivity contribution in [3.05, 3.63) is 34.8 Å². The summed E-state index contributed by atoms with van der Waals surface area (Å²) in [6.07, 6.45) is 4.88. The molecule has 4 heteroatoms. The van der Waals surface area contributed by atoms with Crippen molar-refractivity contribution in [1.29, 1.82) is 0 Å². The molecule has 0 unspecified atom stereocenters. The van der Waals surface area contributed by atoms with E-state index in [1.165, 1.54) is 5.56 Å². The van der Waals surface area contributed by atoms with Crippen molar-refractivity contribution in [2.75, 3.05) is 11.9 Å². The number of nitrogens with one attached hydrogen (secondary N) is 1. The molecule has 0 aliphatic carbocycles. The van der Waals surface area contributed by atoms with Crippen LogP contribution < -0.4 is 5.32 Å². The van der Waals surface area contributed by atoms with Crippen molar-refractivity contribution in [1.82, 2.24) is 9.55 Å². The van der Waals surface area contributed by atoms with Gasteiger partial charge in [0, 0.05) is 25.5 Å². The number of rotatable bonds is 5. The van der Waals surface area contributed by atoms with Gasteiger partial charge in [0.1, 0.15) is 0 Å². The molecule has 2 rings (SSSR count). The van der Waals surface area contributed by atoms with Crippen molar-refractivity contribution in [2.45, 2.75) is 19.9 Å². The molecule has 2 aromatic heterocycles. The summed E-state index contributed by atoms with van der Waals surface area (Å²) in [5.74, 6) is 0.965. The fourth-order valence-corrected chi connectivity index (χ4v) is 2.19. The van der Waals surface area contributed by atoms with E-state index in [1.807, 2.05) is 12.4 Å². The first-order valence-corrected chi connectivity index (χ1v) is 6.10. The number of aryl methyl sites for hydroxylation is 1. The standard InChI is InChI=1S/C11H15N3S/c1-2-14-7-6-13-11(14)12-5-3-10-4-8-15-9-10/h4,6-9H,2-3,5H2,1H3,(H,12,13). The zero-order chi connectivity index (χ0) is 10.5. The highest BCUT2D eigenvalue weighted by atomic mass is 32.1. The van der Waals surface area contributed by atoms with E-state index in [2.05, 4.69) is 38.6 Å². The lowest BCUT2D eigenvalue weighted by Gasteiger charge is -2.06. The molecule has 2 heterocycles. The topological polar surface area (TPSA) is 29.9 Å². The Balaban J connectivity index is 1.83. The highest BCUT2D eigenvalue weighted by Gasteiger charge is 1.99. The lowest BCUT2D eigenvalue weighted by Crippen LogP contribution is -2.09. The Labute approximate surface area is 93.8 Å². The van der Waals surface area contributed by atoms with Crippen LogP contribution in [0.5, 0.6) is 0 Å². The van der Waals surface area contributed by atoms with Gasteiger partial charge in [0.25, 0.3) is 0 Å². The molecule has 0 saturated heterocycles. The van der Waals surface area contributed by atoms with Crippen LogP contribution in [0.15, 0.2) is 29.2 Å². The van der Waals surface area contributed by atoms with E-state index < -0.39 is 0 Å². The molecule has 0 aromatic carbocycles. The summed E-state index contributed by atoms with van der Waals surface area (Å²) in [5, 5.41) is 7.64. The van der Waals surface area contributed by atoms with Crippen LogP contribution in [0, 0.1) is 0 Å². The average molecular weight is 221 g/mol. The fourth-order valence-electron chi connectivity index (χ4n) is 1.49. The van der Waals surface area contributed by atoms with E-state index in [9.17, 15) is 0 Å². The van der Waals surface area contributed by atoms with Gasteiger partial charge in [0.2, 0.25) is 5.95 Å². The summed E-state index contributed by atoms with van der Waals surface area (Å²) in [4.78, 5) is 4.26. The van der Waals surface area contributed by atoms with Crippen LogP contribution in [0.25, 0.3) is 0 Å². The molecule has 0 atom stereocenters. The number of nitrogens with zero attached hydrogens (tertiary/aromatic N) is 2. The maximum atomic E-state index is 4.26. The zero-order valence-electron chi connectivity index (χ0n) is 8.81. The van der Waals surface area contributed by atoms with Crippen LogP contribution in [0.2, 0.25) is 0 Å². The molecule has 2 aromatic rings. The molecule has 80 valence electrons. The minimum Gasteiger partial charge on any atom is -0.355 e. The Bertz CT molecular complexity index is 392. The second kappa shape index (κ2) is 4.98. The molecular weight excluding hydrogens is 206 g/mol. The van der Waals surface area contributed by atoms with Gasteiger partial charge in [0.05, 0.1) is 0 Å². The van der Waals surface area contributed by atoms with Gasteiger partial charge in [-0.25, -0.2) is 4.98 Å². The molecular formula is C11H15N3S. The third-order valence-electron chi connectivity index (χ3n) is 2.33. The number of imidazole rings is 1. The summed E-state index contributed by atoms with van der Waals surface area (Å²) in [5.41, 5.74) is 1.39. The minimum atomic E-state index is 0.938. The van der Waals surface area contributed by atoms with Crippen LogP contribution in [0.1, 0.15) is 12.5 Å². The predicted molar refractivity (Wildman–Crippen MR) is 64.4 cm³/mol. The molecule has 0 saturated carbocycles. The van der Waals surface area contributed by atoms with Gasteiger partial charge in [-0.3, -0.25) is 0 Å². The summed E-state index contributed by atoms with van der Waals surface area (Å²) in [6.45, 7) is 4.01. The second-order valence-electron chi connectivity index (χ2n) is 3.35. The van der Waals surface area contributed by atoms with Crippen molar-refractivity contribution >= 4 is 17.3 Å². The maximum Gasteiger partial charge on any atom is 0.202 e. The smallest absolute Gasteiger partial charge is 0.202 e. The lowest BCUT2D eigenvalue weighted by molar-refractivity contribution is 0.762. The van der Waals surface area contributed by atoms with Gasteiger partial charge in [-0.2, -0.15) is 11.3 Å². The average Bonchev–Trinajstić information content (AvgIpc) is 2.88. The SMILES string of the molecule is CCn1ccnc1NCCc1ccsc1. The van der Waals surface area contributed by atoms with Gasteiger partial charge in [-0.15, -0.1) is 0 Å². The van der Waals surface area contributed by atoms with E-state index in [0.717, 1.165) is 25.5 Å². The molecule has 0 aliphatic heterocycles. The van der Waals surface area contributed by atoms with Crippen LogP contribution in [-0.2, 0) is 13.0 Å². The number of aromatic nitrogens is 2. The molecule has 0 spiro atoms.